The highest BCUT2D eigenvalue weighted by molar-refractivity contribution is 7.25. The Hall–Kier alpha value is -5.96. The van der Waals surface area contributed by atoms with Crippen LogP contribution in [0.5, 0.6) is 0 Å². The fraction of sp³-hybridized carbons (Fsp3) is 0.179. The smallest absolute Gasteiger partial charge is 0.0540 e. The molecule has 1 heterocycles. The third-order valence-electron chi connectivity index (χ3n) is 12.4. The molecule has 0 spiro atoms. The van der Waals surface area contributed by atoms with E-state index < -0.39 is 0 Å². The maximum atomic E-state index is 2.54. The van der Waals surface area contributed by atoms with E-state index in [1.807, 2.05) is 11.3 Å². The number of nitrogens with zero attached hydrogens (tertiary/aromatic N) is 1. The molecule has 284 valence electrons. The lowest BCUT2D eigenvalue weighted by Gasteiger charge is -2.32. The predicted molar refractivity (Wildman–Crippen MR) is 252 cm³/mol. The molecule has 1 aromatic heterocycles. The van der Waals surface area contributed by atoms with Crippen LogP contribution >= 0.6 is 11.3 Å². The van der Waals surface area contributed by atoms with E-state index in [1.165, 1.54) is 113 Å². The molecule has 9 aromatic rings. The van der Waals surface area contributed by atoms with Gasteiger partial charge < -0.3 is 4.90 Å². The molecule has 2 heteroatoms. The molecule has 1 fully saturated rings. The van der Waals surface area contributed by atoms with Gasteiger partial charge in [-0.15, -0.1) is 11.3 Å². The van der Waals surface area contributed by atoms with Crippen LogP contribution in [0.15, 0.2) is 176 Å². The summed E-state index contributed by atoms with van der Waals surface area (Å²) in [6.45, 7) is 6.94. The molecule has 0 saturated heterocycles. The van der Waals surface area contributed by atoms with Gasteiger partial charge in [-0.25, -0.2) is 0 Å². The van der Waals surface area contributed by atoms with Gasteiger partial charge in [0.15, 0.2) is 0 Å². The van der Waals surface area contributed by atoms with Crippen molar-refractivity contribution >= 4 is 59.3 Å². The van der Waals surface area contributed by atoms with Gasteiger partial charge in [0.05, 0.1) is 11.4 Å². The van der Waals surface area contributed by atoms with Gasteiger partial charge in [0.25, 0.3) is 0 Å². The van der Waals surface area contributed by atoms with Gasteiger partial charge >= 0.3 is 0 Å². The standard InChI is InChI=1S/C56H49NS/c1-56(2,3)42-34-35-51(49(37-42)39-20-8-5-9-21-39)57(43-25-14-24-41(36-43)45-29-17-33-53-55(45)48-27-11-13-32-52(48)58-53)50-31-12-10-26-46(50)47-30-16-23-40-22-15-28-44(54(40)47)38-18-6-4-7-19-38/h5,8-17,20-38H,4,6-7,18-19H2,1-3H3. The Morgan fingerprint density at radius 2 is 1.14 bits per heavy atom. The van der Waals surface area contributed by atoms with Crippen LogP contribution in [0, 0.1) is 0 Å². The summed E-state index contributed by atoms with van der Waals surface area (Å²) in [5.41, 5.74) is 13.7. The first-order valence-electron chi connectivity index (χ1n) is 21.0. The molecule has 0 unspecified atom stereocenters. The first kappa shape index (κ1) is 36.4. The summed E-state index contributed by atoms with van der Waals surface area (Å²) in [5, 5.41) is 5.37. The summed E-state index contributed by atoms with van der Waals surface area (Å²) in [5.74, 6) is 0.587. The first-order valence-corrected chi connectivity index (χ1v) is 21.9. The molecule has 10 rings (SSSR count). The molecule has 1 aliphatic rings. The largest absolute Gasteiger partial charge is 0.309 e. The average Bonchev–Trinajstić information content (AvgIpc) is 3.66. The first-order chi connectivity index (χ1) is 28.4. The SMILES string of the molecule is CC(C)(C)c1ccc(N(c2cccc(-c3cccc4sc5ccccc5c34)c2)c2ccccc2-c2cccc3cccc(C4CCCCC4)c23)c(-c2ccccc2)c1. The average molecular weight is 768 g/mol. The zero-order valence-corrected chi connectivity index (χ0v) is 34.5. The number of hydrogen-bond acceptors (Lipinski definition) is 2. The molecule has 0 amide bonds. The van der Waals surface area contributed by atoms with Crippen molar-refractivity contribution in [3.8, 4) is 33.4 Å². The van der Waals surface area contributed by atoms with E-state index in [9.17, 15) is 0 Å². The monoisotopic (exact) mass is 767 g/mol. The van der Waals surface area contributed by atoms with Crippen LogP contribution in [0.25, 0.3) is 64.3 Å². The van der Waals surface area contributed by atoms with Gasteiger partial charge in [-0.1, -0.05) is 173 Å². The summed E-state index contributed by atoms with van der Waals surface area (Å²) in [6, 6.07) is 66.0. The minimum atomic E-state index is -0.00875. The number of benzene rings is 8. The molecule has 0 radical (unpaired) electrons. The number of rotatable bonds is 7. The van der Waals surface area contributed by atoms with Crippen molar-refractivity contribution in [3.63, 3.8) is 0 Å². The van der Waals surface area contributed by atoms with Crippen LogP contribution < -0.4 is 4.90 Å². The molecule has 1 saturated carbocycles. The maximum absolute atomic E-state index is 2.54. The Balaban J connectivity index is 1.24. The van der Waals surface area contributed by atoms with Crippen LogP contribution in [0.1, 0.15) is 69.9 Å². The lowest BCUT2D eigenvalue weighted by atomic mass is 9.80. The zero-order valence-electron chi connectivity index (χ0n) is 33.7. The highest BCUT2D eigenvalue weighted by Crippen LogP contribution is 2.49. The molecule has 8 aromatic carbocycles. The number of hydrogen-bond donors (Lipinski definition) is 0. The molecule has 0 aliphatic heterocycles. The van der Waals surface area contributed by atoms with Crippen LogP contribution in [-0.4, -0.2) is 0 Å². The number of anilines is 3. The molecule has 0 atom stereocenters. The minimum Gasteiger partial charge on any atom is -0.309 e. The lowest BCUT2D eigenvalue weighted by molar-refractivity contribution is 0.445. The van der Waals surface area contributed by atoms with E-state index in [4.69, 9.17) is 0 Å². The van der Waals surface area contributed by atoms with Crippen molar-refractivity contribution in [1.29, 1.82) is 0 Å². The van der Waals surface area contributed by atoms with Crippen molar-refractivity contribution < 1.29 is 0 Å². The Bertz CT molecular complexity index is 2920. The molecule has 58 heavy (non-hydrogen) atoms. The third-order valence-corrected chi connectivity index (χ3v) is 13.6. The van der Waals surface area contributed by atoms with E-state index in [2.05, 4.69) is 202 Å². The van der Waals surface area contributed by atoms with Gasteiger partial charge in [0, 0.05) is 37.0 Å². The summed E-state index contributed by atoms with van der Waals surface area (Å²) < 4.78 is 2.64. The van der Waals surface area contributed by atoms with Crippen molar-refractivity contribution in [1.82, 2.24) is 0 Å². The van der Waals surface area contributed by atoms with E-state index in [0.29, 0.717) is 5.92 Å². The second-order valence-electron chi connectivity index (χ2n) is 17.1. The van der Waals surface area contributed by atoms with Crippen LogP contribution in [0.4, 0.5) is 17.1 Å². The van der Waals surface area contributed by atoms with Crippen molar-refractivity contribution in [2.45, 2.75) is 64.2 Å². The van der Waals surface area contributed by atoms with Crippen molar-refractivity contribution in [2.75, 3.05) is 4.90 Å². The Morgan fingerprint density at radius 3 is 1.98 bits per heavy atom. The van der Waals surface area contributed by atoms with Crippen molar-refractivity contribution in [2.24, 2.45) is 0 Å². The number of fused-ring (bicyclic) bond motifs is 4. The quantitative estimate of drug-likeness (QED) is 0.156. The Morgan fingerprint density at radius 1 is 0.483 bits per heavy atom. The second kappa shape index (κ2) is 15.1. The summed E-state index contributed by atoms with van der Waals surface area (Å²) in [4.78, 5) is 2.54. The lowest BCUT2D eigenvalue weighted by Crippen LogP contribution is -2.15. The molecule has 1 aliphatic carbocycles. The summed E-state index contributed by atoms with van der Waals surface area (Å²) in [7, 11) is 0. The van der Waals surface area contributed by atoms with E-state index in [1.54, 1.807) is 0 Å². The van der Waals surface area contributed by atoms with E-state index in [-0.39, 0.29) is 5.41 Å². The highest BCUT2D eigenvalue weighted by Gasteiger charge is 2.26. The van der Waals surface area contributed by atoms with Gasteiger partial charge in [-0.05, 0) is 111 Å². The number of thiophene rings is 1. The fourth-order valence-electron chi connectivity index (χ4n) is 9.53. The maximum Gasteiger partial charge on any atom is 0.0540 e. The molecular formula is C56H49NS. The van der Waals surface area contributed by atoms with Gasteiger partial charge in [0.1, 0.15) is 0 Å². The fourth-order valence-corrected chi connectivity index (χ4v) is 10.7. The molecular weight excluding hydrogens is 719 g/mol. The Kier molecular flexibility index (Phi) is 9.46. The van der Waals surface area contributed by atoms with Gasteiger partial charge in [0.2, 0.25) is 0 Å². The molecule has 0 N–H and O–H groups in total. The second-order valence-corrected chi connectivity index (χ2v) is 18.2. The zero-order chi connectivity index (χ0) is 39.2. The van der Waals surface area contributed by atoms with Gasteiger partial charge in [-0.3, -0.25) is 0 Å². The Labute approximate surface area is 347 Å². The topological polar surface area (TPSA) is 3.24 Å². The minimum absolute atomic E-state index is 0.00875. The summed E-state index contributed by atoms with van der Waals surface area (Å²) in [6.07, 6.45) is 6.50. The van der Waals surface area contributed by atoms with Crippen LogP contribution in [-0.2, 0) is 5.41 Å². The highest BCUT2D eigenvalue weighted by atomic mass is 32.1. The normalized spacial score (nSPS) is 13.7. The number of para-hydroxylation sites is 1. The summed E-state index contributed by atoms with van der Waals surface area (Å²) >= 11 is 1.88. The van der Waals surface area contributed by atoms with E-state index in [0.717, 1.165) is 11.4 Å². The van der Waals surface area contributed by atoms with Crippen LogP contribution in [0.3, 0.4) is 0 Å². The molecule has 0 bridgehead atoms. The van der Waals surface area contributed by atoms with Gasteiger partial charge in [-0.2, -0.15) is 0 Å². The van der Waals surface area contributed by atoms with Crippen molar-refractivity contribution in [3.05, 3.63) is 187 Å². The van der Waals surface area contributed by atoms with E-state index >= 15 is 0 Å². The third kappa shape index (κ3) is 6.60. The predicted octanol–water partition coefficient (Wildman–Crippen LogP) is 17.0. The molecule has 1 nitrogen and oxygen atoms in total. The van der Waals surface area contributed by atoms with Crippen LogP contribution in [0.2, 0.25) is 0 Å².